The summed E-state index contributed by atoms with van der Waals surface area (Å²) < 4.78 is 0. The van der Waals surface area contributed by atoms with Crippen molar-refractivity contribution in [1.29, 1.82) is 0 Å². The van der Waals surface area contributed by atoms with Crippen LogP contribution >= 0.6 is 0 Å². The molecule has 0 N–H and O–H groups in total. The Hall–Kier alpha value is -0.260. The van der Waals surface area contributed by atoms with Gasteiger partial charge in [-0.1, -0.05) is 39.3 Å². The van der Waals surface area contributed by atoms with Crippen LogP contribution in [0.15, 0.2) is 11.6 Å². The molecule has 74 valence electrons. The van der Waals surface area contributed by atoms with Crippen LogP contribution in [-0.2, 0) is 0 Å². The van der Waals surface area contributed by atoms with Crippen molar-refractivity contribution >= 4 is 0 Å². The molecule has 0 radical (unpaired) electrons. The predicted octanol–water partition coefficient (Wildman–Crippen LogP) is 4.02. The summed E-state index contributed by atoms with van der Waals surface area (Å²) in [6, 6.07) is 0. The molecule has 0 spiro atoms. The van der Waals surface area contributed by atoms with E-state index in [4.69, 9.17) is 0 Å². The molecule has 0 saturated heterocycles. The van der Waals surface area contributed by atoms with Crippen LogP contribution in [0.3, 0.4) is 0 Å². The lowest BCUT2D eigenvalue weighted by atomic mass is 9.74. The molecular weight excluding hydrogens is 156 g/mol. The van der Waals surface area contributed by atoms with Gasteiger partial charge >= 0.3 is 0 Å². The molecule has 0 heteroatoms. The fraction of sp³-hybridized carbons (Fsp3) is 0.846. The summed E-state index contributed by atoms with van der Waals surface area (Å²) in [6.45, 7) is 12.0. The largest absolute Gasteiger partial charge is 0.0816 e. The highest BCUT2D eigenvalue weighted by Crippen LogP contribution is 2.58. The van der Waals surface area contributed by atoms with Crippen LogP contribution in [0.25, 0.3) is 0 Å². The van der Waals surface area contributed by atoms with Crippen molar-refractivity contribution in [1.82, 2.24) is 0 Å². The lowest BCUT2D eigenvalue weighted by Crippen LogP contribution is -2.22. The van der Waals surface area contributed by atoms with Gasteiger partial charge in [0.2, 0.25) is 0 Å². The highest BCUT2D eigenvalue weighted by atomic mass is 14.5. The molecule has 0 bridgehead atoms. The van der Waals surface area contributed by atoms with Gasteiger partial charge in [-0.3, -0.25) is 0 Å². The van der Waals surface area contributed by atoms with E-state index in [1.165, 1.54) is 12.8 Å². The Balaban J connectivity index is 2.29. The van der Waals surface area contributed by atoms with Gasteiger partial charge in [-0.2, -0.15) is 0 Å². The van der Waals surface area contributed by atoms with Crippen LogP contribution in [0, 0.1) is 22.7 Å². The van der Waals surface area contributed by atoms with E-state index in [1.807, 2.05) is 0 Å². The molecule has 0 amide bonds. The smallest absolute Gasteiger partial charge is 0.0113 e. The van der Waals surface area contributed by atoms with Gasteiger partial charge in [-0.05, 0) is 42.4 Å². The van der Waals surface area contributed by atoms with Crippen molar-refractivity contribution in [3.05, 3.63) is 11.6 Å². The number of allylic oxidation sites excluding steroid dienone is 2. The molecule has 2 aliphatic carbocycles. The molecule has 2 atom stereocenters. The zero-order valence-corrected chi connectivity index (χ0v) is 9.65. The summed E-state index contributed by atoms with van der Waals surface area (Å²) in [7, 11) is 0. The summed E-state index contributed by atoms with van der Waals surface area (Å²) in [4.78, 5) is 0. The van der Waals surface area contributed by atoms with E-state index in [0.29, 0.717) is 10.8 Å². The van der Waals surface area contributed by atoms with Crippen molar-refractivity contribution in [3.8, 4) is 0 Å². The van der Waals surface area contributed by atoms with Crippen LogP contribution in [0.2, 0.25) is 0 Å². The Morgan fingerprint density at radius 1 is 1.15 bits per heavy atom. The summed E-state index contributed by atoms with van der Waals surface area (Å²) in [5.41, 5.74) is 2.68. The maximum absolute atomic E-state index is 2.54. The van der Waals surface area contributed by atoms with Crippen molar-refractivity contribution in [2.75, 3.05) is 0 Å². The number of hydrogen-bond acceptors (Lipinski definition) is 0. The minimum absolute atomic E-state index is 0.471. The second kappa shape index (κ2) is 2.40. The predicted molar refractivity (Wildman–Crippen MR) is 57.5 cm³/mol. The highest BCUT2D eigenvalue weighted by Gasteiger charge is 2.49. The average Bonchev–Trinajstić information content (AvgIpc) is 2.33. The third-order valence-corrected chi connectivity index (χ3v) is 4.49. The molecule has 0 aromatic heterocycles. The first-order valence-corrected chi connectivity index (χ1v) is 5.52. The minimum atomic E-state index is 0.471. The quantitative estimate of drug-likeness (QED) is 0.491. The van der Waals surface area contributed by atoms with E-state index in [0.717, 1.165) is 11.8 Å². The fourth-order valence-electron chi connectivity index (χ4n) is 3.40. The summed E-state index contributed by atoms with van der Waals surface area (Å²) in [5, 5.41) is 0. The third-order valence-electron chi connectivity index (χ3n) is 4.49. The van der Waals surface area contributed by atoms with E-state index in [2.05, 4.69) is 40.7 Å². The summed E-state index contributed by atoms with van der Waals surface area (Å²) in [6.07, 6.45) is 5.36. The van der Waals surface area contributed by atoms with Crippen LogP contribution in [-0.4, -0.2) is 0 Å². The molecule has 0 aliphatic heterocycles. The first-order chi connectivity index (χ1) is 5.83. The van der Waals surface area contributed by atoms with Crippen LogP contribution in [0.4, 0.5) is 0 Å². The van der Waals surface area contributed by atoms with Gasteiger partial charge in [0.25, 0.3) is 0 Å². The molecule has 0 nitrogen and oxygen atoms in total. The van der Waals surface area contributed by atoms with Gasteiger partial charge in [-0.25, -0.2) is 0 Å². The Morgan fingerprint density at radius 3 is 2.31 bits per heavy atom. The zero-order valence-electron chi connectivity index (χ0n) is 9.65. The molecule has 0 aromatic carbocycles. The van der Waals surface area contributed by atoms with Gasteiger partial charge in [0.1, 0.15) is 0 Å². The Morgan fingerprint density at radius 2 is 1.77 bits per heavy atom. The van der Waals surface area contributed by atoms with Gasteiger partial charge in [0, 0.05) is 0 Å². The summed E-state index contributed by atoms with van der Waals surface area (Å²) >= 11 is 0. The number of hydrogen-bond donors (Lipinski definition) is 0. The molecular formula is C13H22. The minimum Gasteiger partial charge on any atom is -0.0816 e. The molecule has 0 heterocycles. The second-order valence-corrected chi connectivity index (χ2v) is 6.41. The Kier molecular flexibility index (Phi) is 1.72. The average molecular weight is 178 g/mol. The van der Waals surface area contributed by atoms with Crippen molar-refractivity contribution in [2.45, 2.75) is 47.5 Å². The van der Waals surface area contributed by atoms with Crippen LogP contribution in [0.1, 0.15) is 47.5 Å². The summed E-state index contributed by atoms with van der Waals surface area (Å²) in [5.74, 6) is 1.80. The highest BCUT2D eigenvalue weighted by molar-refractivity contribution is 5.24. The molecule has 2 aliphatic rings. The normalized spacial score (nSPS) is 40.2. The molecule has 13 heavy (non-hydrogen) atoms. The van der Waals surface area contributed by atoms with Crippen molar-refractivity contribution in [3.63, 3.8) is 0 Å². The van der Waals surface area contributed by atoms with Crippen LogP contribution in [0.5, 0.6) is 0 Å². The van der Waals surface area contributed by atoms with Gasteiger partial charge in [0.15, 0.2) is 0 Å². The third kappa shape index (κ3) is 1.26. The van der Waals surface area contributed by atoms with Crippen molar-refractivity contribution < 1.29 is 0 Å². The number of rotatable bonds is 0. The zero-order chi connectivity index (χ0) is 9.85. The maximum atomic E-state index is 2.54. The second-order valence-electron chi connectivity index (χ2n) is 6.41. The molecule has 1 fully saturated rings. The van der Waals surface area contributed by atoms with Crippen LogP contribution < -0.4 is 0 Å². The van der Waals surface area contributed by atoms with E-state index < -0.39 is 0 Å². The molecule has 2 rings (SSSR count). The van der Waals surface area contributed by atoms with Gasteiger partial charge in [-0.15, -0.1) is 0 Å². The van der Waals surface area contributed by atoms with E-state index in [1.54, 1.807) is 5.57 Å². The Labute approximate surface area is 82.4 Å². The molecule has 0 aromatic rings. The number of fused-ring (bicyclic) bond motifs is 1. The van der Waals surface area contributed by atoms with E-state index in [9.17, 15) is 0 Å². The van der Waals surface area contributed by atoms with Gasteiger partial charge < -0.3 is 0 Å². The lowest BCUT2D eigenvalue weighted by molar-refractivity contribution is 0.244. The fourth-order valence-corrected chi connectivity index (χ4v) is 3.40. The lowest BCUT2D eigenvalue weighted by Gasteiger charge is -2.30. The first kappa shape index (κ1) is 9.30. The van der Waals surface area contributed by atoms with E-state index >= 15 is 0 Å². The molecule has 2 unspecified atom stereocenters. The standard InChI is InChI=1S/C13H22/c1-9-6-10-7-12(2,3)8-11(10)13(9,4)5/h6,10-11H,7-8H2,1-5H3. The SMILES string of the molecule is CC1=CC2CC(C)(C)CC2C1(C)C. The Bertz CT molecular complexity index is 255. The molecule has 1 saturated carbocycles. The van der Waals surface area contributed by atoms with Gasteiger partial charge in [0.05, 0.1) is 0 Å². The first-order valence-electron chi connectivity index (χ1n) is 5.52. The topological polar surface area (TPSA) is 0 Å². The van der Waals surface area contributed by atoms with E-state index in [-0.39, 0.29) is 0 Å². The maximum Gasteiger partial charge on any atom is -0.0113 e. The van der Waals surface area contributed by atoms with Crippen molar-refractivity contribution in [2.24, 2.45) is 22.7 Å². The monoisotopic (exact) mass is 178 g/mol.